The lowest BCUT2D eigenvalue weighted by Gasteiger charge is -2.12. The molecule has 0 aromatic heterocycles. The van der Waals surface area contributed by atoms with Gasteiger partial charge in [0.05, 0.1) is 17.5 Å². The van der Waals surface area contributed by atoms with E-state index in [1.165, 1.54) is 5.56 Å². The number of alkyl halides is 1. The number of benzene rings is 2. The zero-order chi connectivity index (χ0) is 14.5. The predicted octanol–water partition coefficient (Wildman–Crippen LogP) is 4.49. The summed E-state index contributed by atoms with van der Waals surface area (Å²) in [6, 6.07) is 13.7. The van der Waals surface area contributed by atoms with Crippen molar-refractivity contribution in [2.45, 2.75) is 26.3 Å². The van der Waals surface area contributed by atoms with Crippen LogP contribution in [0.2, 0.25) is 0 Å². The van der Waals surface area contributed by atoms with Gasteiger partial charge in [0.1, 0.15) is 12.4 Å². The number of nitriles is 1. The molecule has 0 saturated carbocycles. The van der Waals surface area contributed by atoms with Crippen molar-refractivity contribution in [3.8, 4) is 11.8 Å². The third-order valence-electron chi connectivity index (χ3n) is 3.21. The van der Waals surface area contributed by atoms with Crippen LogP contribution in [-0.4, -0.2) is 0 Å². The largest absolute Gasteiger partial charge is 0.489 e. The second kappa shape index (κ2) is 6.45. The van der Waals surface area contributed by atoms with Crippen LogP contribution in [-0.2, 0) is 12.5 Å². The number of rotatable bonds is 4. The zero-order valence-electron chi connectivity index (χ0n) is 11.6. The van der Waals surface area contributed by atoms with Crippen molar-refractivity contribution >= 4 is 11.6 Å². The van der Waals surface area contributed by atoms with E-state index < -0.39 is 0 Å². The van der Waals surface area contributed by atoms with Crippen molar-refractivity contribution in [2.75, 3.05) is 0 Å². The number of hydrogen-bond donors (Lipinski definition) is 0. The minimum Gasteiger partial charge on any atom is -0.489 e. The Morgan fingerprint density at radius 2 is 1.90 bits per heavy atom. The summed E-state index contributed by atoms with van der Waals surface area (Å²) in [5.74, 6) is 1.25. The smallest absolute Gasteiger partial charge is 0.124 e. The lowest BCUT2D eigenvalue weighted by Crippen LogP contribution is -2.00. The maximum absolute atomic E-state index is 8.86. The Bertz CT molecular complexity index is 659. The highest BCUT2D eigenvalue weighted by Crippen LogP contribution is 2.23. The molecular weight excluding hydrogens is 270 g/mol. The lowest BCUT2D eigenvalue weighted by atomic mass is 10.1. The zero-order valence-corrected chi connectivity index (χ0v) is 12.4. The summed E-state index contributed by atoms with van der Waals surface area (Å²) in [6.07, 6.45) is 0. The van der Waals surface area contributed by atoms with E-state index in [-0.39, 0.29) is 0 Å². The summed E-state index contributed by atoms with van der Waals surface area (Å²) in [5.41, 5.74) is 4.97. The summed E-state index contributed by atoms with van der Waals surface area (Å²) < 4.78 is 5.86. The number of halogens is 1. The van der Waals surface area contributed by atoms with Crippen LogP contribution in [0.4, 0.5) is 0 Å². The number of aryl methyl sites for hydroxylation is 2. The summed E-state index contributed by atoms with van der Waals surface area (Å²) >= 11 is 5.94. The molecule has 20 heavy (non-hydrogen) atoms. The normalized spacial score (nSPS) is 10.1. The Balaban J connectivity index is 2.15. The standard InChI is InChI=1S/C17H16ClNO/c1-12-3-6-17(16(7-12)9-18)20-11-15-5-4-14(10-19)8-13(15)2/h3-8H,9,11H2,1-2H3. The SMILES string of the molecule is Cc1ccc(OCc2ccc(C#N)cc2C)c(CCl)c1. The average molecular weight is 286 g/mol. The van der Waals surface area contributed by atoms with Crippen molar-refractivity contribution < 1.29 is 4.74 Å². The molecular formula is C17H16ClNO. The second-order valence-corrected chi connectivity index (χ2v) is 5.05. The van der Waals surface area contributed by atoms with Gasteiger partial charge in [-0.05, 0) is 43.2 Å². The molecule has 0 heterocycles. The summed E-state index contributed by atoms with van der Waals surface area (Å²) in [7, 11) is 0. The molecule has 2 aromatic carbocycles. The fourth-order valence-corrected chi connectivity index (χ4v) is 2.25. The number of nitrogens with zero attached hydrogens (tertiary/aromatic N) is 1. The molecule has 2 rings (SSSR count). The molecule has 0 aliphatic carbocycles. The third-order valence-corrected chi connectivity index (χ3v) is 3.50. The summed E-state index contributed by atoms with van der Waals surface area (Å²) in [6.45, 7) is 4.49. The van der Waals surface area contributed by atoms with Crippen molar-refractivity contribution in [1.82, 2.24) is 0 Å². The maximum Gasteiger partial charge on any atom is 0.124 e. The number of ether oxygens (including phenoxy) is 1. The minimum atomic E-state index is 0.434. The quantitative estimate of drug-likeness (QED) is 0.775. The molecule has 0 unspecified atom stereocenters. The fraction of sp³-hybridized carbons (Fsp3) is 0.235. The average Bonchev–Trinajstić information content (AvgIpc) is 2.46. The molecule has 102 valence electrons. The topological polar surface area (TPSA) is 33.0 Å². The van der Waals surface area contributed by atoms with E-state index in [4.69, 9.17) is 21.6 Å². The van der Waals surface area contributed by atoms with Crippen molar-refractivity contribution in [3.63, 3.8) is 0 Å². The van der Waals surface area contributed by atoms with Crippen LogP contribution in [0.15, 0.2) is 36.4 Å². The van der Waals surface area contributed by atoms with Crippen LogP contribution in [0.25, 0.3) is 0 Å². The van der Waals surface area contributed by atoms with Gasteiger partial charge < -0.3 is 4.74 Å². The van der Waals surface area contributed by atoms with E-state index in [0.717, 1.165) is 22.4 Å². The Hall–Kier alpha value is -1.98. The van der Waals surface area contributed by atoms with Crippen molar-refractivity contribution in [1.29, 1.82) is 5.26 Å². The van der Waals surface area contributed by atoms with Crippen molar-refractivity contribution in [3.05, 3.63) is 64.2 Å². The highest BCUT2D eigenvalue weighted by Gasteiger charge is 2.05. The van der Waals surface area contributed by atoms with Crippen LogP contribution in [0.5, 0.6) is 5.75 Å². The fourth-order valence-electron chi connectivity index (χ4n) is 2.04. The van der Waals surface area contributed by atoms with Gasteiger partial charge in [-0.3, -0.25) is 0 Å². The van der Waals surface area contributed by atoms with E-state index in [1.807, 2.05) is 50.2 Å². The monoisotopic (exact) mass is 285 g/mol. The Kier molecular flexibility index (Phi) is 4.65. The van der Waals surface area contributed by atoms with Gasteiger partial charge in [0.2, 0.25) is 0 Å². The molecule has 0 bridgehead atoms. The van der Waals surface area contributed by atoms with Gasteiger partial charge in [0.25, 0.3) is 0 Å². The van der Waals surface area contributed by atoms with E-state index in [9.17, 15) is 0 Å². The van der Waals surface area contributed by atoms with Crippen LogP contribution >= 0.6 is 11.6 Å². The molecule has 2 aromatic rings. The summed E-state index contributed by atoms with van der Waals surface area (Å²) in [4.78, 5) is 0. The molecule has 0 N–H and O–H groups in total. The number of hydrogen-bond acceptors (Lipinski definition) is 2. The molecule has 0 amide bonds. The van der Waals surface area contributed by atoms with Crippen molar-refractivity contribution in [2.24, 2.45) is 0 Å². The van der Waals surface area contributed by atoms with E-state index in [0.29, 0.717) is 18.1 Å². The molecule has 0 radical (unpaired) electrons. The Morgan fingerprint density at radius 1 is 1.10 bits per heavy atom. The van der Waals surface area contributed by atoms with Gasteiger partial charge >= 0.3 is 0 Å². The highest BCUT2D eigenvalue weighted by atomic mass is 35.5. The first-order valence-electron chi connectivity index (χ1n) is 6.42. The van der Waals surface area contributed by atoms with Crippen LogP contribution < -0.4 is 4.74 Å². The van der Waals surface area contributed by atoms with Gasteiger partial charge in [-0.2, -0.15) is 5.26 Å². The van der Waals surface area contributed by atoms with Gasteiger partial charge in [-0.25, -0.2) is 0 Å². The first-order chi connectivity index (χ1) is 9.63. The molecule has 0 atom stereocenters. The molecule has 0 fully saturated rings. The van der Waals surface area contributed by atoms with Gasteiger partial charge in [-0.15, -0.1) is 11.6 Å². The lowest BCUT2D eigenvalue weighted by molar-refractivity contribution is 0.303. The predicted molar refractivity (Wildman–Crippen MR) is 81.0 cm³/mol. The molecule has 0 saturated heterocycles. The maximum atomic E-state index is 8.86. The third kappa shape index (κ3) is 3.31. The first kappa shape index (κ1) is 14.4. The van der Waals surface area contributed by atoms with Gasteiger partial charge in [0, 0.05) is 5.56 Å². The minimum absolute atomic E-state index is 0.434. The van der Waals surface area contributed by atoms with E-state index in [2.05, 4.69) is 6.07 Å². The molecule has 2 nitrogen and oxygen atoms in total. The molecule has 3 heteroatoms. The molecule has 0 aliphatic rings. The highest BCUT2D eigenvalue weighted by molar-refractivity contribution is 6.17. The van der Waals surface area contributed by atoms with Crippen LogP contribution in [0.1, 0.15) is 27.8 Å². The second-order valence-electron chi connectivity index (χ2n) is 4.79. The van der Waals surface area contributed by atoms with E-state index >= 15 is 0 Å². The summed E-state index contributed by atoms with van der Waals surface area (Å²) in [5, 5.41) is 8.86. The van der Waals surface area contributed by atoms with Gasteiger partial charge in [-0.1, -0.05) is 23.8 Å². The Labute approximate surface area is 124 Å². The van der Waals surface area contributed by atoms with Crippen LogP contribution in [0, 0.1) is 25.2 Å². The Morgan fingerprint density at radius 3 is 2.55 bits per heavy atom. The van der Waals surface area contributed by atoms with E-state index in [1.54, 1.807) is 0 Å². The molecule has 0 aliphatic heterocycles. The van der Waals surface area contributed by atoms with Gasteiger partial charge in [0.15, 0.2) is 0 Å². The van der Waals surface area contributed by atoms with Crippen LogP contribution in [0.3, 0.4) is 0 Å². The first-order valence-corrected chi connectivity index (χ1v) is 6.95. The molecule has 0 spiro atoms.